The third-order valence-corrected chi connectivity index (χ3v) is 7.03. The molecule has 9 heteroatoms. The molecule has 2 aromatic rings. The van der Waals surface area contributed by atoms with Crippen LogP contribution in [0, 0.1) is 0 Å². The number of methoxy groups -OCH3 is 2. The molecule has 1 aliphatic heterocycles. The van der Waals surface area contributed by atoms with Crippen LogP contribution in [0.3, 0.4) is 0 Å². The summed E-state index contributed by atoms with van der Waals surface area (Å²) in [7, 11) is 2.57. The van der Waals surface area contributed by atoms with Crippen molar-refractivity contribution in [2.24, 2.45) is 0 Å². The Kier molecular flexibility index (Phi) is 6.30. The Morgan fingerprint density at radius 1 is 1.14 bits per heavy atom. The van der Waals surface area contributed by atoms with E-state index < -0.39 is 10.0 Å². The van der Waals surface area contributed by atoms with Gasteiger partial charge in [-0.25, -0.2) is 12.7 Å². The second-order valence-electron chi connectivity index (χ2n) is 7.18. The predicted octanol–water partition coefficient (Wildman–Crippen LogP) is 1.91. The van der Waals surface area contributed by atoms with Crippen LogP contribution >= 0.6 is 0 Å². The van der Waals surface area contributed by atoms with Gasteiger partial charge in [-0.2, -0.15) is 0 Å². The molecule has 0 radical (unpaired) electrons. The topological polar surface area (TPSA) is 81.1 Å². The van der Waals surface area contributed by atoms with Crippen molar-refractivity contribution in [3.05, 3.63) is 52.4 Å². The molecule has 0 bridgehead atoms. The van der Waals surface area contributed by atoms with Gasteiger partial charge in [0.2, 0.25) is 10.0 Å². The summed E-state index contributed by atoms with van der Waals surface area (Å²) in [6.45, 7) is 1.09. The van der Waals surface area contributed by atoms with E-state index in [1.807, 2.05) is 18.2 Å². The SMILES string of the molecule is COc1ccc(OC)c([C@@H]2CCCN2Cn2cc(S(=O)(=O)N(C)C)ccc2=O)c1. The normalized spacial score (nSPS) is 17.6. The average molecular weight is 422 g/mol. The van der Waals surface area contributed by atoms with Crippen LogP contribution in [0.1, 0.15) is 24.4 Å². The highest BCUT2D eigenvalue weighted by Gasteiger charge is 2.29. The standard InChI is InChI=1S/C20H27N3O5S/c1-21(2)29(25,26)16-8-10-20(24)23(13-16)14-22-11-5-6-18(22)17-12-15(27-3)7-9-19(17)28-4/h7-10,12-13,18H,5-6,11,14H2,1-4H3/t18-/m0/s1. The van der Waals surface area contributed by atoms with E-state index in [2.05, 4.69) is 4.90 Å². The first-order chi connectivity index (χ1) is 13.8. The van der Waals surface area contributed by atoms with Crippen molar-refractivity contribution in [2.75, 3.05) is 34.9 Å². The zero-order valence-electron chi connectivity index (χ0n) is 17.2. The van der Waals surface area contributed by atoms with Crippen LogP contribution in [0.15, 0.2) is 46.2 Å². The summed E-state index contributed by atoms with van der Waals surface area (Å²) in [6, 6.07) is 8.37. The number of sulfonamides is 1. The molecule has 0 saturated carbocycles. The number of nitrogens with zero attached hydrogens (tertiary/aromatic N) is 3. The summed E-state index contributed by atoms with van der Waals surface area (Å²) < 4.78 is 38.4. The first-order valence-corrected chi connectivity index (χ1v) is 10.8. The second kappa shape index (κ2) is 8.56. The number of hydrogen-bond donors (Lipinski definition) is 0. The molecule has 1 atom stereocenters. The van der Waals surface area contributed by atoms with Gasteiger partial charge in [0.05, 0.1) is 25.8 Å². The predicted molar refractivity (Wildman–Crippen MR) is 110 cm³/mol. The van der Waals surface area contributed by atoms with Gasteiger partial charge < -0.3 is 14.0 Å². The molecule has 1 aromatic heterocycles. The molecule has 3 rings (SSSR count). The van der Waals surface area contributed by atoms with Crippen LogP contribution in [0.5, 0.6) is 11.5 Å². The van der Waals surface area contributed by atoms with Gasteiger partial charge in [-0.1, -0.05) is 0 Å². The largest absolute Gasteiger partial charge is 0.497 e. The van der Waals surface area contributed by atoms with E-state index in [0.29, 0.717) is 6.67 Å². The number of rotatable bonds is 7. The van der Waals surface area contributed by atoms with E-state index in [-0.39, 0.29) is 16.5 Å². The van der Waals surface area contributed by atoms with E-state index in [0.717, 1.165) is 40.8 Å². The Bertz CT molecular complexity index is 1030. The summed E-state index contributed by atoms with van der Waals surface area (Å²) in [5.41, 5.74) is 0.750. The molecule has 0 N–H and O–H groups in total. The minimum atomic E-state index is -3.62. The molecule has 8 nitrogen and oxygen atoms in total. The third-order valence-electron chi connectivity index (χ3n) is 5.23. The molecular weight excluding hydrogens is 394 g/mol. The molecule has 158 valence electrons. The van der Waals surface area contributed by atoms with Gasteiger partial charge in [-0.15, -0.1) is 0 Å². The van der Waals surface area contributed by atoms with Gasteiger partial charge in [0, 0.05) is 44.5 Å². The lowest BCUT2D eigenvalue weighted by atomic mass is 10.0. The first kappa shape index (κ1) is 21.4. The fourth-order valence-electron chi connectivity index (χ4n) is 3.63. The third kappa shape index (κ3) is 4.31. The van der Waals surface area contributed by atoms with Crippen LogP contribution in [-0.4, -0.2) is 57.0 Å². The monoisotopic (exact) mass is 421 g/mol. The quantitative estimate of drug-likeness (QED) is 0.679. The summed E-state index contributed by atoms with van der Waals surface area (Å²) >= 11 is 0. The van der Waals surface area contributed by atoms with Crippen molar-refractivity contribution in [2.45, 2.75) is 30.4 Å². The highest BCUT2D eigenvalue weighted by Crippen LogP contribution is 2.39. The van der Waals surface area contributed by atoms with Gasteiger partial charge >= 0.3 is 0 Å². The molecule has 1 fully saturated rings. The fraction of sp³-hybridized carbons (Fsp3) is 0.450. The Hall–Kier alpha value is -2.36. The summed E-state index contributed by atoms with van der Waals surface area (Å²) in [4.78, 5) is 14.7. The van der Waals surface area contributed by atoms with Crippen LogP contribution in [0.2, 0.25) is 0 Å². The maximum absolute atomic E-state index is 12.4. The van der Waals surface area contributed by atoms with E-state index in [4.69, 9.17) is 9.47 Å². The number of aromatic nitrogens is 1. The van der Waals surface area contributed by atoms with Gasteiger partial charge in [-0.05, 0) is 37.1 Å². The molecule has 1 aromatic carbocycles. The molecule has 29 heavy (non-hydrogen) atoms. The van der Waals surface area contributed by atoms with Crippen molar-refractivity contribution in [3.63, 3.8) is 0 Å². The maximum atomic E-state index is 12.4. The molecular formula is C20H27N3O5S. The number of hydrogen-bond acceptors (Lipinski definition) is 6. The fourth-order valence-corrected chi connectivity index (χ4v) is 4.55. The lowest BCUT2D eigenvalue weighted by molar-refractivity contribution is 0.195. The van der Waals surface area contributed by atoms with Crippen molar-refractivity contribution in [3.8, 4) is 11.5 Å². The number of ether oxygens (including phenoxy) is 2. The van der Waals surface area contributed by atoms with E-state index >= 15 is 0 Å². The number of pyridine rings is 1. The van der Waals surface area contributed by atoms with Gasteiger partial charge in [0.25, 0.3) is 5.56 Å². The Morgan fingerprint density at radius 3 is 2.55 bits per heavy atom. The molecule has 0 aliphatic carbocycles. The van der Waals surface area contributed by atoms with Gasteiger partial charge in [0.15, 0.2) is 0 Å². The van der Waals surface area contributed by atoms with E-state index in [1.165, 1.54) is 37.0 Å². The average Bonchev–Trinajstić information content (AvgIpc) is 3.16. The molecule has 0 spiro atoms. The molecule has 0 amide bonds. The summed E-state index contributed by atoms with van der Waals surface area (Å²) in [5, 5.41) is 0. The van der Waals surface area contributed by atoms with Crippen molar-refractivity contribution >= 4 is 10.0 Å². The zero-order chi connectivity index (χ0) is 21.2. The smallest absolute Gasteiger partial charge is 0.251 e. The molecule has 2 heterocycles. The van der Waals surface area contributed by atoms with Crippen molar-refractivity contribution in [1.29, 1.82) is 0 Å². The number of likely N-dealkylation sites (tertiary alicyclic amines) is 1. The van der Waals surface area contributed by atoms with E-state index in [1.54, 1.807) is 14.2 Å². The first-order valence-electron chi connectivity index (χ1n) is 9.37. The second-order valence-corrected chi connectivity index (χ2v) is 9.33. The Morgan fingerprint density at radius 2 is 1.90 bits per heavy atom. The lowest BCUT2D eigenvalue weighted by Gasteiger charge is -2.27. The minimum Gasteiger partial charge on any atom is -0.497 e. The summed E-state index contributed by atoms with van der Waals surface area (Å²) in [6.07, 6.45) is 3.29. The van der Waals surface area contributed by atoms with Crippen LogP contribution in [0.25, 0.3) is 0 Å². The molecule has 1 aliphatic rings. The van der Waals surface area contributed by atoms with Crippen molar-refractivity contribution < 1.29 is 17.9 Å². The van der Waals surface area contributed by atoms with Crippen LogP contribution in [-0.2, 0) is 16.7 Å². The Labute approximate surface area is 171 Å². The highest BCUT2D eigenvalue weighted by molar-refractivity contribution is 7.89. The minimum absolute atomic E-state index is 0.0427. The maximum Gasteiger partial charge on any atom is 0.251 e. The highest BCUT2D eigenvalue weighted by atomic mass is 32.2. The van der Waals surface area contributed by atoms with Crippen molar-refractivity contribution in [1.82, 2.24) is 13.8 Å². The van der Waals surface area contributed by atoms with Crippen LogP contribution < -0.4 is 15.0 Å². The van der Waals surface area contributed by atoms with Crippen LogP contribution in [0.4, 0.5) is 0 Å². The van der Waals surface area contributed by atoms with Gasteiger partial charge in [0.1, 0.15) is 11.5 Å². The van der Waals surface area contributed by atoms with Gasteiger partial charge in [-0.3, -0.25) is 9.69 Å². The summed E-state index contributed by atoms with van der Waals surface area (Å²) in [5.74, 6) is 1.50. The van der Waals surface area contributed by atoms with E-state index in [9.17, 15) is 13.2 Å². The molecule has 1 saturated heterocycles. The molecule has 0 unspecified atom stereocenters. The Balaban J connectivity index is 1.94. The zero-order valence-corrected chi connectivity index (χ0v) is 18.0. The number of benzene rings is 1. The lowest BCUT2D eigenvalue weighted by Crippen LogP contribution is -2.33.